The fourth-order valence-corrected chi connectivity index (χ4v) is 3.13. The highest BCUT2D eigenvalue weighted by Gasteiger charge is 2.16. The van der Waals surface area contributed by atoms with Crippen LogP contribution in [0.15, 0.2) is 78.9 Å². The molecular formula is C24H22N2O. The Morgan fingerprint density at radius 3 is 2.30 bits per heavy atom. The van der Waals surface area contributed by atoms with Gasteiger partial charge in [-0.2, -0.15) is 5.26 Å². The number of carbonyl (C=O) groups excluding carboxylic acids is 1. The standard InChI is InChI=1S/C24H22N2O/c1-18(15-16-19-9-3-2-4-10-19)26-24(27)23-14-8-7-13-22(23)21-12-6-5-11-20(21)17-25/h2-14,18H,15-16H2,1H3,(H,26,27). The summed E-state index contributed by atoms with van der Waals surface area (Å²) < 4.78 is 0. The Morgan fingerprint density at radius 1 is 0.926 bits per heavy atom. The van der Waals surface area contributed by atoms with E-state index >= 15 is 0 Å². The smallest absolute Gasteiger partial charge is 0.252 e. The number of aryl methyl sites for hydroxylation is 1. The van der Waals surface area contributed by atoms with E-state index in [9.17, 15) is 10.1 Å². The summed E-state index contributed by atoms with van der Waals surface area (Å²) in [5.74, 6) is -0.112. The van der Waals surface area contributed by atoms with Crippen molar-refractivity contribution in [1.82, 2.24) is 5.32 Å². The third-order valence-corrected chi connectivity index (χ3v) is 4.60. The highest BCUT2D eigenvalue weighted by molar-refractivity contribution is 6.01. The third-order valence-electron chi connectivity index (χ3n) is 4.60. The van der Waals surface area contributed by atoms with Crippen LogP contribution < -0.4 is 5.32 Å². The minimum absolute atomic E-state index is 0.0528. The Kier molecular flexibility index (Phi) is 6.02. The van der Waals surface area contributed by atoms with E-state index in [4.69, 9.17) is 0 Å². The van der Waals surface area contributed by atoms with E-state index in [1.54, 1.807) is 6.07 Å². The minimum atomic E-state index is -0.112. The van der Waals surface area contributed by atoms with Gasteiger partial charge in [-0.3, -0.25) is 4.79 Å². The van der Waals surface area contributed by atoms with Crippen LogP contribution in [0.4, 0.5) is 0 Å². The molecule has 0 radical (unpaired) electrons. The lowest BCUT2D eigenvalue weighted by atomic mass is 9.95. The zero-order valence-electron chi connectivity index (χ0n) is 15.4. The second kappa shape index (κ2) is 8.82. The molecule has 1 amide bonds. The van der Waals surface area contributed by atoms with Crippen molar-refractivity contribution < 1.29 is 4.79 Å². The van der Waals surface area contributed by atoms with Gasteiger partial charge in [0, 0.05) is 17.2 Å². The number of hydrogen-bond donors (Lipinski definition) is 1. The van der Waals surface area contributed by atoms with Gasteiger partial charge in [-0.15, -0.1) is 0 Å². The molecule has 0 spiro atoms. The quantitative estimate of drug-likeness (QED) is 0.679. The fraction of sp³-hybridized carbons (Fsp3) is 0.167. The van der Waals surface area contributed by atoms with Gasteiger partial charge in [0.25, 0.3) is 5.91 Å². The first-order valence-corrected chi connectivity index (χ1v) is 9.12. The van der Waals surface area contributed by atoms with Crippen LogP contribution in [0, 0.1) is 11.3 Å². The molecule has 0 aliphatic carbocycles. The zero-order valence-corrected chi connectivity index (χ0v) is 15.4. The number of carbonyl (C=O) groups is 1. The van der Waals surface area contributed by atoms with Crippen molar-refractivity contribution in [2.75, 3.05) is 0 Å². The van der Waals surface area contributed by atoms with Crippen LogP contribution in [-0.2, 0) is 6.42 Å². The average molecular weight is 354 g/mol. The molecule has 3 rings (SSSR count). The summed E-state index contributed by atoms with van der Waals surface area (Å²) in [4.78, 5) is 12.9. The summed E-state index contributed by atoms with van der Waals surface area (Å²) in [5.41, 5.74) is 3.98. The van der Waals surface area contributed by atoms with E-state index in [0.717, 1.165) is 24.0 Å². The monoisotopic (exact) mass is 354 g/mol. The maximum absolute atomic E-state index is 12.9. The molecule has 1 unspecified atom stereocenters. The second-order valence-electron chi connectivity index (χ2n) is 6.60. The highest BCUT2D eigenvalue weighted by Crippen LogP contribution is 2.27. The zero-order chi connectivity index (χ0) is 19.1. The van der Waals surface area contributed by atoms with Gasteiger partial charge < -0.3 is 5.32 Å². The van der Waals surface area contributed by atoms with Gasteiger partial charge in [-0.25, -0.2) is 0 Å². The van der Waals surface area contributed by atoms with Crippen LogP contribution in [-0.4, -0.2) is 11.9 Å². The van der Waals surface area contributed by atoms with Crippen molar-refractivity contribution in [2.45, 2.75) is 25.8 Å². The van der Waals surface area contributed by atoms with E-state index < -0.39 is 0 Å². The van der Waals surface area contributed by atoms with E-state index in [-0.39, 0.29) is 11.9 Å². The third kappa shape index (κ3) is 4.62. The van der Waals surface area contributed by atoms with Crippen LogP contribution >= 0.6 is 0 Å². The van der Waals surface area contributed by atoms with Gasteiger partial charge in [0.05, 0.1) is 11.6 Å². The molecule has 0 saturated carbocycles. The molecule has 0 aromatic heterocycles. The normalized spacial score (nSPS) is 11.4. The SMILES string of the molecule is CC(CCc1ccccc1)NC(=O)c1ccccc1-c1ccccc1C#N. The van der Waals surface area contributed by atoms with Gasteiger partial charge in [0.15, 0.2) is 0 Å². The van der Waals surface area contributed by atoms with Gasteiger partial charge in [0.1, 0.15) is 0 Å². The molecule has 3 aromatic rings. The molecule has 1 atom stereocenters. The molecular weight excluding hydrogens is 332 g/mol. The second-order valence-corrected chi connectivity index (χ2v) is 6.60. The van der Waals surface area contributed by atoms with Crippen molar-refractivity contribution in [3.05, 3.63) is 95.6 Å². The molecule has 3 heteroatoms. The largest absolute Gasteiger partial charge is 0.350 e. The number of nitrogens with one attached hydrogen (secondary N) is 1. The Bertz CT molecular complexity index is 957. The molecule has 3 nitrogen and oxygen atoms in total. The molecule has 0 saturated heterocycles. The first-order valence-electron chi connectivity index (χ1n) is 9.12. The fourth-order valence-electron chi connectivity index (χ4n) is 3.13. The molecule has 1 N–H and O–H groups in total. The average Bonchev–Trinajstić information content (AvgIpc) is 2.73. The van der Waals surface area contributed by atoms with E-state index in [1.807, 2.05) is 67.6 Å². The first kappa shape index (κ1) is 18.4. The van der Waals surface area contributed by atoms with Gasteiger partial charge in [-0.1, -0.05) is 66.7 Å². The summed E-state index contributed by atoms with van der Waals surface area (Å²) in [6.45, 7) is 2.02. The van der Waals surface area contributed by atoms with Crippen molar-refractivity contribution in [1.29, 1.82) is 5.26 Å². The molecule has 0 aliphatic rings. The molecule has 0 aliphatic heterocycles. The number of benzene rings is 3. The summed E-state index contributed by atoms with van der Waals surface area (Å²) in [5, 5.41) is 12.5. The predicted octanol–water partition coefficient (Wildman–Crippen LogP) is 4.98. The summed E-state index contributed by atoms with van der Waals surface area (Å²) >= 11 is 0. The van der Waals surface area contributed by atoms with E-state index in [2.05, 4.69) is 23.5 Å². The lowest BCUT2D eigenvalue weighted by Gasteiger charge is -2.16. The maximum atomic E-state index is 12.9. The Labute approximate surface area is 160 Å². The van der Waals surface area contributed by atoms with E-state index in [0.29, 0.717) is 11.1 Å². The van der Waals surface area contributed by atoms with Crippen molar-refractivity contribution in [3.8, 4) is 17.2 Å². The Morgan fingerprint density at radius 2 is 1.56 bits per heavy atom. The minimum Gasteiger partial charge on any atom is -0.350 e. The number of nitrogens with zero attached hydrogens (tertiary/aromatic N) is 1. The lowest BCUT2D eigenvalue weighted by molar-refractivity contribution is 0.0939. The van der Waals surface area contributed by atoms with Gasteiger partial charge >= 0.3 is 0 Å². The van der Waals surface area contributed by atoms with Crippen LogP contribution in [0.3, 0.4) is 0 Å². The molecule has 0 bridgehead atoms. The topological polar surface area (TPSA) is 52.9 Å². The Balaban J connectivity index is 1.75. The predicted molar refractivity (Wildman–Crippen MR) is 108 cm³/mol. The van der Waals surface area contributed by atoms with Crippen LogP contribution in [0.5, 0.6) is 0 Å². The van der Waals surface area contributed by atoms with Crippen molar-refractivity contribution in [3.63, 3.8) is 0 Å². The Hall–Kier alpha value is -3.38. The van der Waals surface area contributed by atoms with Crippen molar-refractivity contribution in [2.24, 2.45) is 0 Å². The van der Waals surface area contributed by atoms with Crippen LogP contribution in [0.25, 0.3) is 11.1 Å². The molecule has 0 fully saturated rings. The number of hydrogen-bond acceptors (Lipinski definition) is 2. The first-order chi connectivity index (χ1) is 13.2. The molecule has 3 aromatic carbocycles. The molecule has 27 heavy (non-hydrogen) atoms. The summed E-state index contributed by atoms with van der Waals surface area (Å²) in [6, 6.07) is 27.3. The van der Waals surface area contributed by atoms with Gasteiger partial charge in [0.2, 0.25) is 0 Å². The summed E-state index contributed by atoms with van der Waals surface area (Å²) in [6.07, 6.45) is 1.79. The molecule has 0 heterocycles. The number of nitriles is 1. The summed E-state index contributed by atoms with van der Waals surface area (Å²) in [7, 11) is 0. The van der Waals surface area contributed by atoms with Gasteiger partial charge in [-0.05, 0) is 43.0 Å². The lowest BCUT2D eigenvalue weighted by Crippen LogP contribution is -2.33. The van der Waals surface area contributed by atoms with E-state index in [1.165, 1.54) is 5.56 Å². The highest BCUT2D eigenvalue weighted by atomic mass is 16.1. The maximum Gasteiger partial charge on any atom is 0.252 e. The van der Waals surface area contributed by atoms with Crippen LogP contribution in [0.2, 0.25) is 0 Å². The van der Waals surface area contributed by atoms with Crippen molar-refractivity contribution >= 4 is 5.91 Å². The van der Waals surface area contributed by atoms with Crippen LogP contribution in [0.1, 0.15) is 34.8 Å². The molecule has 134 valence electrons. The number of amides is 1. The number of rotatable bonds is 6.